The standard InChI is InChI=1S/C12H15F3N2O2/c1-17(2)6-7-19-11(18)16-10-5-3-4-9(8-10)12(13,14)15/h3-5,8H,6-7H2,1-2H3,(H,16,18). The van der Waals surface area contributed by atoms with Crippen LogP contribution in [0, 0.1) is 0 Å². The molecule has 1 rings (SSSR count). The summed E-state index contributed by atoms with van der Waals surface area (Å²) in [5.41, 5.74) is -0.775. The van der Waals surface area contributed by atoms with E-state index in [0.717, 1.165) is 12.1 Å². The molecule has 1 amide bonds. The Balaban J connectivity index is 2.55. The van der Waals surface area contributed by atoms with Gasteiger partial charge in [0.1, 0.15) is 6.61 Å². The van der Waals surface area contributed by atoms with Crippen molar-refractivity contribution in [2.45, 2.75) is 6.18 Å². The maximum absolute atomic E-state index is 12.4. The van der Waals surface area contributed by atoms with E-state index in [1.165, 1.54) is 12.1 Å². The number of anilines is 1. The number of likely N-dealkylation sites (N-methyl/N-ethyl adjacent to an activating group) is 1. The molecule has 0 radical (unpaired) electrons. The van der Waals surface area contributed by atoms with Crippen molar-refractivity contribution in [3.63, 3.8) is 0 Å². The summed E-state index contributed by atoms with van der Waals surface area (Å²) in [5.74, 6) is 0. The predicted octanol–water partition coefficient (Wildman–Crippen LogP) is 2.82. The Kier molecular flexibility index (Phi) is 5.17. The highest BCUT2D eigenvalue weighted by atomic mass is 19.4. The highest BCUT2D eigenvalue weighted by Gasteiger charge is 2.30. The van der Waals surface area contributed by atoms with Crippen LogP contribution in [0.3, 0.4) is 0 Å². The average molecular weight is 276 g/mol. The number of hydrogen-bond acceptors (Lipinski definition) is 3. The molecule has 0 aliphatic heterocycles. The summed E-state index contributed by atoms with van der Waals surface area (Å²) in [6.45, 7) is 0.702. The van der Waals surface area contributed by atoms with E-state index in [0.29, 0.717) is 6.54 Å². The van der Waals surface area contributed by atoms with Gasteiger partial charge in [-0.05, 0) is 32.3 Å². The molecule has 1 aromatic rings. The molecule has 0 aliphatic rings. The van der Waals surface area contributed by atoms with Crippen LogP contribution in [-0.4, -0.2) is 38.2 Å². The van der Waals surface area contributed by atoms with E-state index >= 15 is 0 Å². The average Bonchev–Trinajstić information content (AvgIpc) is 2.27. The zero-order valence-electron chi connectivity index (χ0n) is 10.6. The lowest BCUT2D eigenvalue weighted by Crippen LogP contribution is -2.22. The molecule has 106 valence electrons. The molecule has 0 spiro atoms. The van der Waals surface area contributed by atoms with Crippen molar-refractivity contribution in [2.24, 2.45) is 0 Å². The van der Waals surface area contributed by atoms with E-state index in [1.54, 1.807) is 0 Å². The molecule has 7 heteroatoms. The summed E-state index contributed by atoms with van der Waals surface area (Å²) in [5, 5.41) is 2.25. The first-order chi connectivity index (χ1) is 8.79. The second-order valence-electron chi connectivity index (χ2n) is 4.14. The van der Waals surface area contributed by atoms with Crippen LogP contribution in [0.25, 0.3) is 0 Å². The fraction of sp³-hybridized carbons (Fsp3) is 0.417. The van der Waals surface area contributed by atoms with Crippen LogP contribution in [0.4, 0.5) is 23.7 Å². The summed E-state index contributed by atoms with van der Waals surface area (Å²) >= 11 is 0. The number of amides is 1. The number of alkyl halides is 3. The second kappa shape index (κ2) is 6.42. The summed E-state index contributed by atoms with van der Waals surface area (Å²) in [6, 6.07) is 4.37. The highest BCUT2D eigenvalue weighted by molar-refractivity contribution is 5.84. The number of benzene rings is 1. The minimum Gasteiger partial charge on any atom is -0.448 e. The number of nitrogens with zero attached hydrogens (tertiary/aromatic N) is 1. The van der Waals surface area contributed by atoms with E-state index < -0.39 is 17.8 Å². The van der Waals surface area contributed by atoms with Crippen molar-refractivity contribution in [1.82, 2.24) is 4.90 Å². The Hall–Kier alpha value is -1.76. The van der Waals surface area contributed by atoms with E-state index in [1.807, 2.05) is 19.0 Å². The van der Waals surface area contributed by atoms with Gasteiger partial charge in [0.15, 0.2) is 0 Å². The van der Waals surface area contributed by atoms with E-state index in [-0.39, 0.29) is 12.3 Å². The maximum atomic E-state index is 12.4. The third kappa shape index (κ3) is 5.60. The molecule has 19 heavy (non-hydrogen) atoms. The van der Waals surface area contributed by atoms with E-state index in [9.17, 15) is 18.0 Å². The van der Waals surface area contributed by atoms with Crippen molar-refractivity contribution in [2.75, 3.05) is 32.6 Å². The van der Waals surface area contributed by atoms with Gasteiger partial charge in [-0.3, -0.25) is 5.32 Å². The summed E-state index contributed by atoms with van der Waals surface area (Å²) < 4.78 is 42.2. The van der Waals surface area contributed by atoms with Crippen LogP contribution in [0.5, 0.6) is 0 Å². The molecule has 0 aliphatic carbocycles. The normalized spacial score (nSPS) is 11.5. The summed E-state index contributed by atoms with van der Waals surface area (Å²) in [6.07, 6.45) is -5.21. The highest BCUT2D eigenvalue weighted by Crippen LogP contribution is 2.30. The van der Waals surface area contributed by atoms with Crippen LogP contribution >= 0.6 is 0 Å². The number of ether oxygens (including phenoxy) is 1. The Bertz CT molecular complexity index is 433. The molecule has 0 unspecified atom stereocenters. The van der Waals surface area contributed by atoms with Crippen molar-refractivity contribution in [3.05, 3.63) is 29.8 Å². The fourth-order valence-corrected chi connectivity index (χ4v) is 1.25. The van der Waals surface area contributed by atoms with Gasteiger partial charge in [-0.15, -0.1) is 0 Å². The molecule has 0 atom stereocenters. The zero-order chi connectivity index (χ0) is 14.5. The first-order valence-electron chi connectivity index (χ1n) is 5.55. The monoisotopic (exact) mass is 276 g/mol. The molecule has 0 saturated carbocycles. The van der Waals surface area contributed by atoms with E-state index in [4.69, 9.17) is 4.74 Å². The fourth-order valence-electron chi connectivity index (χ4n) is 1.25. The molecule has 0 aromatic heterocycles. The predicted molar refractivity (Wildman–Crippen MR) is 65.0 cm³/mol. The SMILES string of the molecule is CN(C)CCOC(=O)Nc1cccc(C(F)(F)F)c1. The first kappa shape index (κ1) is 15.3. The number of rotatable bonds is 4. The van der Waals surface area contributed by atoms with E-state index in [2.05, 4.69) is 5.32 Å². The van der Waals surface area contributed by atoms with Gasteiger partial charge in [0.25, 0.3) is 0 Å². The molecule has 1 aromatic carbocycles. The minimum absolute atomic E-state index is 0.0460. The third-order valence-electron chi connectivity index (χ3n) is 2.21. The van der Waals surface area contributed by atoms with Gasteiger partial charge in [0.05, 0.1) is 5.56 Å². The van der Waals surface area contributed by atoms with Crippen molar-refractivity contribution in [1.29, 1.82) is 0 Å². The van der Waals surface area contributed by atoms with Gasteiger partial charge in [-0.1, -0.05) is 6.07 Å². The molecule has 0 heterocycles. The Labute approximate surface area is 109 Å². The summed E-state index contributed by atoms with van der Waals surface area (Å²) in [4.78, 5) is 13.1. The number of carbonyl (C=O) groups excluding carboxylic acids is 1. The Morgan fingerprint density at radius 3 is 2.63 bits per heavy atom. The van der Waals surface area contributed by atoms with Crippen LogP contribution in [0.2, 0.25) is 0 Å². The molecule has 4 nitrogen and oxygen atoms in total. The zero-order valence-corrected chi connectivity index (χ0v) is 10.6. The number of carbonyl (C=O) groups is 1. The van der Waals surface area contributed by atoms with Gasteiger partial charge in [-0.2, -0.15) is 13.2 Å². The molecule has 0 saturated heterocycles. The van der Waals surface area contributed by atoms with Gasteiger partial charge in [0, 0.05) is 12.2 Å². The largest absolute Gasteiger partial charge is 0.448 e. The molecular formula is C12H15F3N2O2. The van der Waals surface area contributed by atoms with Gasteiger partial charge < -0.3 is 9.64 Å². The number of halogens is 3. The molecule has 1 N–H and O–H groups in total. The topological polar surface area (TPSA) is 41.6 Å². The van der Waals surface area contributed by atoms with Crippen molar-refractivity contribution in [3.8, 4) is 0 Å². The third-order valence-corrected chi connectivity index (χ3v) is 2.21. The lowest BCUT2D eigenvalue weighted by molar-refractivity contribution is -0.137. The van der Waals surface area contributed by atoms with Crippen LogP contribution < -0.4 is 5.32 Å². The Morgan fingerprint density at radius 2 is 2.05 bits per heavy atom. The van der Waals surface area contributed by atoms with Crippen molar-refractivity contribution >= 4 is 11.8 Å². The van der Waals surface area contributed by atoms with Gasteiger partial charge in [-0.25, -0.2) is 4.79 Å². The molecule has 0 fully saturated rings. The van der Waals surface area contributed by atoms with Crippen molar-refractivity contribution < 1.29 is 22.7 Å². The molecule has 0 bridgehead atoms. The van der Waals surface area contributed by atoms with Gasteiger partial charge >= 0.3 is 12.3 Å². The van der Waals surface area contributed by atoms with Gasteiger partial charge in [0.2, 0.25) is 0 Å². The molecular weight excluding hydrogens is 261 g/mol. The van der Waals surface area contributed by atoms with Crippen LogP contribution in [0.1, 0.15) is 5.56 Å². The lowest BCUT2D eigenvalue weighted by Gasteiger charge is -2.12. The Morgan fingerprint density at radius 1 is 1.37 bits per heavy atom. The lowest BCUT2D eigenvalue weighted by atomic mass is 10.2. The van der Waals surface area contributed by atoms with Crippen LogP contribution in [0.15, 0.2) is 24.3 Å². The minimum atomic E-state index is -4.44. The quantitative estimate of drug-likeness (QED) is 0.919. The summed E-state index contributed by atoms with van der Waals surface area (Å²) in [7, 11) is 3.63. The second-order valence-corrected chi connectivity index (χ2v) is 4.14. The number of nitrogens with one attached hydrogen (secondary N) is 1. The smallest absolute Gasteiger partial charge is 0.416 e. The number of hydrogen-bond donors (Lipinski definition) is 1. The van der Waals surface area contributed by atoms with Crippen LogP contribution in [-0.2, 0) is 10.9 Å². The maximum Gasteiger partial charge on any atom is 0.416 e. The first-order valence-corrected chi connectivity index (χ1v) is 5.55.